The molecule has 2 heterocycles. The van der Waals surface area contributed by atoms with Gasteiger partial charge in [0.1, 0.15) is 0 Å². The fourth-order valence-electron chi connectivity index (χ4n) is 3.78. The summed E-state index contributed by atoms with van der Waals surface area (Å²) >= 11 is 6.15. The first-order valence-electron chi connectivity index (χ1n) is 9.59. The zero-order valence-corrected chi connectivity index (χ0v) is 17.2. The molecule has 0 atom stereocenters. The quantitative estimate of drug-likeness (QED) is 0.698. The van der Waals surface area contributed by atoms with Gasteiger partial charge in [-0.2, -0.15) is 0 Å². The van der Waals surface area contributed by atoms with E-state index in [1.165, 1.54) is 10.1 Å². The number of benzene rings is 2. The van der Waals surface area contributed by atoms with E-state index in [4.69, 9.17) is 11.6 Å². The molecule has 0 saturated carbocycles. The van der Waals surface area contributed by atoms with Crippen LogP contribution < -0.4 is 15.8 Å². The van der Waals surface area contributed by atoms with Crippen LogP contribution in [0.5, 0.6) is 0 Å². The molecule has 2 amide bonds. The number of carbonyl (C=O) groups excluding carboxylic acids is 1. The Balaban J connectivity index is 1.49. The SMILES string of the molecule is Cc1ccc(Cl)cc1N1CCN(C(=O)Nc2cn(C)c(=O)c3ccccc23)CC1. The second-order valence-corrected chi connectivity index (χ2v) is 7.78. The topological polar surface area (TPSA) is 57.6 Å². The summed E-state index contributed by atoms with van der Waals surface area (Å²) in [6, 6.07) is 13.0. The molecule has 0 unspecified atom stereocenters. The van der Waals surface area contributed by atoms with Crippen molar-refractivity contribution >= 4 is 39.8 Å². The van der Waals surface area contributed by atoms with E-state index in [0.717, 1.165) is 24.2 Å². The average molecular weight is 411 g/mol. The lowest BCUT2D eigenvalue weighted by molar-refractivity contribution is 0.208. The molecule has 0 aliphatic carbocycles. The number of piperazine rings is 1. The maximum atomic E-state index is 12.9. The molecule has 1 fully saturated rings. The van der Waals surface area contributed by atoms with Crippen molar-refractivity contribution in [3.63, 3.8) is 0 Å². The van der Waals surface area contributed by atoms with E-state index >= 15 is 0 Å². The monoisotopic (exact) mass is 410 g/mol. The van der Waals surface area contributed by atoms with Crippen LogP contribution in [0.15, 0.2) is 53.5 Å². The molecule has 0 bridgehead atoms. The van der Waals surface area contributed by atoms with Gasteiger partial charge in [-0.25, -0.2) is 4.79 Å². The third-order valence-electron chi connectivity index (χ3n) is 5.41. The average Bonchev–Trinajstić information content (AvgIpc) is 2.73. The lowest BCUT2D eigenvalue weighted by Crippen LogP contribution is -2.50. The lowest BCUT2D eigenvalue weighted by Gasteiger charge is -2.36. The van der Waals surface area contributed by atoms with Crippen LogP contribution in [0.25, 0.3) is 10.8 Å². The maximum Gasteiger partial charge on any atom is 0.322 e. The summed E-state index contributed by atoms with van der Waals surface area (Å²) in [6.45, 7) is 4.77. The Bertz CT molecular complexity index is 1130. The summed E-state index contributed by atoms with van der Waals surface area (Å²) in [5.74, 6) is 0. The highest BCUT2D eigenvalue weighted by Gasteiger charge is 2.23. The first-order chi connectivity index (χ1) is 13.9. The van der Waals surface area contributed by atoms with E-state index in [-0.39, 0.29) is 11.6 Å². The van der Waals surface area contributed by atoms with Gasteiger partial charge < -0.3 is 19.7 Å². The predicted octanol–water partition coefficient (Wildman–Crippen LogP) is 3.85. The minimum absolute atomic E-state index is 0.0795. The van der Waals surface area contributed by atoms with Gasteiger partial charge in [0, 0.05) is 60.9 Å². The van der Waals surface area contributed by atoms with Gasteiger partial charge in [-0.3, -0.25) is 4.79 Å². The number of urea groups is 1. The van der Waals surface area contributed by atoms with Crippen molar-refractivity contribution in [2.75, 3.05) is 36.4 Å². The summed E-state index contributed by atoms with van der Waals surface area (Å²) < 4.78 is 1.50. The summed E-state index contributed by atoms with van der Waals surface area (Å²) in [5.41, 5.74) is 2.84. The van der Waals surface area contributed by atoms with Gasteiger partial charge in [0.15, 0.2) is 0 Å². The van der Waals surface area contributed by atoms with Crippen molar-refractivity contribution in [2.24, 2.45) is 7.05 Å². The van der Waals surface area contributed by atoms with Gasteiger partial charge >= 0.3 is 6.03 Å². The molecule has 0 radical (unpaired) electrons. The number of carbonyl (C=O) groups is 1. The Morgan fingerprint density at radius 1 is 1.03 bits per heavy atom. The molecular formula is C22H23ClN4O2. The van der Waals surface area contributed by atoms with Crippen LogP contribution in [0.4, 0.5) is 16.2 Å². The van der Waals surface area contributed by atoms with Gasteiger partial charge in [0.25, 0.3) is 5.56 Å². The van der Waals surface area contributed by atoms with Gasteiger partial charge in [-0.1, -0.05) is 35.9 Å². The number of aromatic nitrogens is 1. The summed E-state index contributed by atoms with van der Waals surface area (Å²) in [5, 5.41) is 5.04. The van der Waals surface area contributed by atoms with Crippen molar-refractivity contribution in [1.29, 1.82) is 0 Å². The van der Waals surface area contributed by atoms with Crippen molar-refractivity contribution in [3.8, 4) is 0 Å². The molecule has 4 rings (SSSR count). The van der Waals surface area contributed by atoms with E-state index in [1.807, 2.05) is 36.4 Å². The Kier molecular flexibility index (Phi) is 5.20. The van der Waals surface area contributed by atoms with Crippen LogP contribution in [-0.2, 0) is 7.05 Å². The molecular weight excluding hydrogens is 388 g/mol. The third kappa shape index (κ3) is 3.80. The molecule has 2 aromatic carbocycles. The molecule has 3 aromatic rings. The molecule has 0 spiro atoms. The lowest BCUT2D eigenvalue weighted by atomic mass is 10.1. The predicted molar refractivity (Wildman–Crippen MR) is 118 cm³/mol. The van der Waals surface area contributed by atoms with Crippen LogP contribution in [0, 0.1) is 6.92 Å². The fourth-order valence-corrected chi connectivity index (χ4v) is 3.95. The zero-order chi connectivity index (χ0) is 20.5. The first-order valence-corrected chi connectivity index (χ1v) is 9.97. The smallest absolute Gasteiger partial charge is 0.322 e. The van der Waals surface area contributed by atoms with Gasteiger partial charge in [-0.05, 0) is 30.7 Å². The van der Waals surface area contributed by atoms with Crippen molar-refractivity contribution in [3.05, 3.63) is 69.6 Å². The molecule has 7 heteroatoms. The van der Waals surface area contributed by atoms with Crippen LogP contribution in [0.1, 0.15) is 5.56 Å². The number of rotatable bonds is 2. The highest BCUT2D eigenvalue weighted by Crippen LogP contribution is 2.26. The Morgan fingerprint density at radius 2 is 1.72 bits per heavy atom. The third-order valence-corrected chi connectivity index (χ3v) is 5.65. The standard InChI is InChI=1S/C22H23ClN4O2/c1-15-7-8-16(23)13-20(15)26-9-11-27(12-10-26)22(29)24-19-14-25(2)21(28)18-6-4-3-5-17(18)19/h3-8,13-14H,9-12H2,1-2H3,(H,24,29). The number of halogens is 1. The minimum Gasteiger partial charge on any atom is -0.368 e. The second-order valence-electron chi connectivity index (χ2n) is 7.34. The summed E-state index contributed by atoms with van der Waals surface area (Å²) in [4.78, 5) is 29.2. The number of pyridine rings is 1. The molecule has 6 nitrogen and oxygen atoms in total. The highest BCUT2D eigenvalue weighted by molar-refractivity contribution is 6.30. The molecule has 150 valence electrons. The Morgan fingerprint density at radius 3 is 2.45 bits per heavy atom. The molecule has 1 N–H and O–H groups in total. The fraction of sp³-hybridized carbons (Fsp3) is 0.273. The van der Waals surface area contributed by atoms with E-state index in [1.54, 1.807) is 24.2 Å². The van der Waals surface area contributed by atoms with Crippen molar-refractivity contribution in [2.45, 2.75) is 6.92 Å². The van der Waals surface area contributed by atoms with Crippen LogP contribution >= 0.6 is 11.6 Å². The van der Waals surface area contributed by atoms with Gasteiger partial charge in [0.05, 0.1) is 5.69 Å². The van der Waals surface area contributed by atoms with Crippen molar-refractivity contribution in [1.82, 2.24) is 9.47 Å². The molecule has 1 saturated heterocycles. The normalized spacial score (nSPS) is 14.3. The van der Waals surface area contributed by atoms with Crippen molar-refractivity contribution < 1.29 is 4.79 Å². The van der Waals surface area contributed by atoms with Crippen LogP contribution in [-0.4, -0.2) is 41.7 Å². The number of nitrogens with zero attached hydrogens (tertiary/aromatic N) is 3. The van der Waals surface area contributed by atoms with Gasteiger partial charge in [-0.15, -0.1) is 0 Å². The number of anilines is 2. The number of nitrogens with one attached hydrogen (secondary N) is 1. The number of amides is 2. The second kappa shape index (κ2) is 7.79. The maximum absolute atomic E-state index is 12.9. The minimum atomic E-state index is -0.156. The summed E-state index contributed by atoms with van der Waals surface area (Å²) in [7, 11) is 1.69. The van der Waals surface area contributed by atoms with Crippen LogP contribution in [0.2, 0.25) is 5.02 Å². The Hall–Kier alpha value is -2.99. The number of aryl methyl sites for hydroxylation is 2. The highest BCUT2D eigenvalue weighted by atomic mass is 35.5. The van der Waals surface area contributed by atoms with E-state index in [2.05, 4.69) is 17.1 Å². The van der Waals surface area contributed by atoms with Gasteiger partial charge in [0.2, 0.25) is 0 Å². The molecule has 29 heavy (non-hydrogen) atoms. The summed E-state index contributed by atoms with van der Waals surface area (Å²) in [6.07, 6.45) is 1.67. The van der Waals surface area contributed by atoms with E-state index in [0.29, 0.717) is 29.2 Å². The molecule has 1 aromatic heterocycles. The number of hydrogen-bond acceptors (Lipinski definition) is 3. The largest absolute Gasteiger partial charge is 0.368 e. The number of hydrogen-bond donors (Lipinski definition) is 1. The number of fused-ring (bicyclic) bond motifs is 1. The molecule has 1 aliphatic heterocycles. The zero-order valence-electron chi connectivity index (χ0n) is 16.5. The van der Waals surface area contributed by atoms with E-state index in [9.17, 15) is 9.59 Å². The molecule has 1 aliphatic rings. The Labute approximate surface area is 174 Å². The van der Waals surface area contributed by atoms with E-state index < -0.39 is 0 Å². The first kappa shape index (κ1) is 19.3. The van der Waals surface area contributed by atoms with Crippen LogP contribution in [0.3, 0.4) is 0 Å².